The van der Waals surface area contributed by atoms with E-state index in [1.807, 2.05) is 72.9 Å². The molecule has 2 aliphatic rings. The molecule has 0 bridgehead atoms. The van der Waals surface area contributed by atoms with Gasteiger partial charge >= 0.3 is 0 Å². The van der Waals surface area contributed by atoms with E-state index in [9.17, 15) is 9.59 Å². The summed E-state index contributed by atoms with van der Waals surface area (Å²) >= 11 is 0. The van der Waals surface area contributed by atoms with Crippen LogP contribution in [0.15, 0.2) is 84.0 Å². The van der Waals surface area contributed by atoms with Gasteiger partial charge < -0.3 is 11.5 Å². The molecule has 2 aromatic rings. The fraction of sp³-hybridized carbons (Fsp3) is 0.0769. The van der Waals surface area contributed by atoms with E-state index in [0.717, 1.165) is 21.6 Å². The molecule has 30 heavy (non-hydrogen) atoms. The van der Waals surface area contributed by atoms with Gasteiger partial charge in [-0.25, -0.2) is 0 Å². The maximum Gasteiger partial charge on any atom is 0.166 e. The molecule has 0 saturated heterocycles. The minimum absolute atomic E-state index is 0.0385. The van der Waals surface area contributed by atoms with Gasteiger partial charge in [0, 0.05) is 40.6 Å². The summed E-state index contributed by atoms with van der Waals surface area (Å²) in [5, 5.41) is 1.53. The normalized spacial score (nSPS) is 17.3. The van der Waals surface area contributed by atoms with E-state index in [-0.39, 0.29) is 11.6 Å². The third-order valence-electron chi connectivity index (χ3n) is 5.22. The quantitative estimate of drug-likeness (QED) is 0.784. The Morgan fingerprint density at radius 1 is 0.700 bits per heavy atom. The van der Waals surface area contributed by atoms with E-state index in [0.29, 0.717) is 35.4 Å². The van der Waals surface area contributed by atoms with Crippen molar-refractivity contribution < 1.29 is 9.59 Å². The summed E-state index contributed by atoms with van der Waals surface area (Å²) in [4.78, 5) is 24.8. The Hall–Kier alpha value is -3.92. The second-order valence-electron chi connectivity index (χ2n) is 7.30. The van der Waals surface area contributed by atoms with Crippen molar-refractivity contribution in [3.8, 4) is 11.1 Å². The second kappa shape index (κ2) is 8.21. The van der Waals surface area contributed by atoms with Crippen molar-refractivity contribution in [3.05, 3.63) is 94.4 Å². The first-order valence-corrected chi connectivity index (χ1v) is 9.81. The van der Waals surface area contributed by atoms with Crippen LogP contribution < -0.4 is 21.9 Å². The van der Waals surface area contributed by atoms with Gasteiger partial charge in [-0.2, -0.15) is 0 Å². The molecule has 2 aromatic carbocycles. The molecule has 4 nitrogen and oxygen atoms in total. The fourth-order valence-electron chi connectivity index (χ4n) is 3.57. The van der Waals surface area contributed by atoms with Gasteiger partial charge in [0.1, 0.15) is 0 Å². The number of carbonyl (C=O) groups is 2. The molecule has 4 N–H and O–H groups in total. The van der Waals surface area contributed by atoms with E-state index in [4.69, 9.17) is 11.5 Å². The maximum atomic E-state index is 12.4. The number of benzene rings is 2. The fourth-order valence-corrected chi connectivity index (χ4v) is 3.57. The SMILES string of the molecule is Nc1ccc(-c2ccc(N)c(=CC3=CC=CCC3=O)c2=CC2=CC=CCC2=O)cc1. The summed E-state index contributed by atoms with van der Waals surface area (Å²) in [6.45, 7) is 0. The van der Waals surface area contributed by atoms with Crippen molar-refractivity contribution in [1.82, 2.24) is 0 Å². The number of nitrogen functional groups attached to an aromatic ring is 2. The van der Waals surface area contributed by atoms with Crippen molar-refractivity contribution in [2.24, 2.45) is 0 Å². The molecule has 0 fully saturated rings. The van der Waals surface area contributed by atoms with Crippen LogP contribution >= 0.6 is 0 Å². The Bertz CT molecular complexity index is 1270. The molecule has 4 rings (SSSR count). The molecule has 0 saturated carbocycles. The number of carbonyl (C=O) groups excluding carboxylic acids is 2. The Kier molecular flexibility index (Phi) is 5.31. The van der Waals surface area contributed by atoms with Gasteiger partial charge in [0.05, 0.1) is 0 Å². The number of nitrogens with two attached hydrogens (primary N) is 2. The number of Topliss-reactive ketones (excluding diaryl/α,β-unsaturated/α-hetero) is 2. The van der Waals surface area contributed by atoms with Crippen molar-refractivity contribution in [3.63, 3.8) is 0 Å². The highest BCUT2D eigenvalue weighted by atomic mass is 16.1. The smallest absolute Gasteiger partial charge is 0.166 e. The molecule has 0 heterocycles. The molecule has 0 atom stereocenters. The molecule has 0 unspecified atom stereocenters. The zero-order chi connectivity index (χ0) is 21.1. The Morgan fingerprint density at radius 2 is 1.27 bits per heavy atom. The number of anilines is 2. The minimum Gasteiger partial charge on any atom is -0.399 e. The molecule has 0 aliphatic heterocycles. The van der Waals surface area contributed by atoms with Crippen LogP contribution in [0, 0.1) is 0 Å². The zero-order valence-corrected chi connectivity index (χ0v) is 16.5. The molecule has 148 valence electrons. The lowest BCUT2D eigenvalue weighted by Crippen LogP contribution is -2.31. The predicted molar refractivity (Wildman–Crippen MR) is 123 cm³/mol. The van der Waals surface area contributed by atoms with Crippen LogP contribution in [0.4, 0.5) is 11.4 Å². The van der Waals surface area contributed by atoms with Crippen molar-refractivity contribution in [2.75, 3.05) is 11.5 Å². The van der Waals surface area contributed by atoms with Crippen LogP contribution in [0.2, 0.25) is 0 Å². The highest BCUT2D eigenvalue weighted by molar-refractivity contribution is 6.06. The third-order valence-corrected chi connectivity index (χ3v) is 5.22. The number of hydrogen-bond donors (Lipinski definition) is 2. The lowest BCUT2D eigenvalue weighted by molar-refractivity contribution is -0.115. The summed E-state index contributed by atoms with van der Waals surface area (Å²) in [6, 6.07) is 11.3. The Morgan fingerprint density at radius 3 is 1.83 bits per heavy atom. The van der Waals surface area contributed by atoms with E-state index < -0.39 is 0 Å². The molecule has 0 amide bonds. The van der Waals surface area contributed by atoms with Crippen LogP contribution in [-0.2, 0) is 9.59 Å². The van der Waals surface area contributed by atoms with Crippen LogP contribution in [0.3, 0.4) is 0 Å². The molecule has 0 spiro atoms. The van der Waals surface area contributed by atoms with Crippen LogP contribution in [0.5, 0.6) is 0 Å². The van der Waals surface area contributed by atoms with Gasteiger partial charge in [0.2, 0.25) is 0 Å². The Labute approximate surface area is 174 Å². The molecule has 2 aliphatic carbocycles. The standard InChI is InChI=1S/C26H22N2O2/c27-20-11-9-17(10-12-20)21-13-14-24(28)23(16-19-6-2-4-8-26(19)30)22(21)15-18-5-1-3-7-25(18)29/h1-6,9-16H,7-8,27-28H2. The maximum absolute atomic E-state index is 12.4. The largest absolute Gasteiger partial charge is 0.399 e. The topological polar surface area (TPSA) is 86.2 Å². The molecular weight excluding hydrogens is 372 g/mol. The summed E-state index contributed by atoms with van der Waals surface area (Å²) in [7, 11) is 0. The summed E-state index contributed by atoms with van der Waals surface area (Å²) in [5.41, 5.74) is 16.5. The van der Waals surface area contributed by atoms with Gasteiger partial charge in [-0.1, -0.05) is 54.7 Å². The Balaban J connectivity index is 2.04. The summed E-state index contributed by atoms with van der Waals surface area (Å²) in [6.07, 6.45) is 15.4. The average Bonchev–Trinajstić information content (AvgIpc) is 2.74. The number of rotatable bonds is 3. The van der Waals surface area contributed by atoms with E-state index in [2.05, 4.69) is 0 Å². The monoisotopic (exact) mass is 394 g/mol. The lowest BCUT2D eigenvalue weighted by Gasteiger charge is -2.10. The van der Waals surface area contributed by atoms with E-state index in [1.54, 1.807) is 12.2 Å². The predicted octanol–water partition coefficient (Wildman–Crippen LogP) is 2.99. The van der Waals surface area contributed by atoms with Crippen molar-refractivity contribution >= 4 is 35.1 Å². The molecular formula is C26H22N2O2. The minimum atomic E-state index is 0.0385. The van der Waals surface area contributed by atoms with Gasteiger partial charge in [-0.15, -0.1) is 0 Å². The molecule has 0 radical (unpaired) electrons. The van der Waals surface area contributed by atoms with Gasteiger partial charge in [-0.3, -0.25) is 9.59 Å². The number of allylic oxidation sites excluding steroid dienone is 8. The number of ketones is 2. The number of hydrogen-bond acceptors (Lipinski definition) is 4. The zero-order valence-electron chi connectivity index (χ0n) is 16.5. The van der Waals surface area contributed by atoms with E-state index in [1.165, 1.54) is 0 Å². The van der Waals surface area contributed by atoms with Crippen molar-refractivity contribution in [1.29, 1.82) is 0 Å². The van der Waals surface area contributed by atoms with Crippen LogP contribution in [0.1, 0.15) is 12.8 Å². The highest BCUT2D eigenvalue weighted by Gasteiger charge is 2.12. The highest BCUT2D eigenvalue weighted by Crippen LogP contribution is 2.19. The third kappa shape index (κ3) is 3.94. The summed E-state index contributed by atoms with van der Waals surface area (Å²) < 4.78 is 0. The van der Waals surface area contributed by atoms with Gasteiger partial charge in [0.15, 0.2) is 11.6 Å². The first-order valence-electron chi connectivity index (χ1n) is 9.81. The first-order chi connectivity index (χ1) is 14.5. The van der Waals surface area contributed by atoms with E-state index >= 15 is 0 Å². The lowest BCUT2D eigenvalue weighted by atomic mass is 9.94. The van der Waals surface area contributed by atoms with Crippen molar-refractivity contribution in [2.45, 2.75) is 12.8 Å². The first kappa shape index (κ1) is 19.4. The molecule has 4 heteroatoms. The van der Waals surface area contributed by atoms with Gasteiger partial charge in [-0.05, 0) is 46.7 Å². The molecule has 0 aromatic heterocycles. The second-order valence-corrected chi connectivity index (χ2v) is 7.30. The van der Waals surface area contributed by atoms with Crippen LogP contribution in [0.25, 0.3) is 23.3 Å². The summed E-state index contributed by atoms with van der Waals surface area (Å²) in [5.74, 6) is 0.0849. The average molecular weight is 394 g/mol. The van der Waals surface area contributed by atoms with Gasteiger partial charge in [0.25, 0.3) is 0 Å². The van der Waals surface area contributed by atoms with Crippen LogP contribution in [-0.4, -0.2) is 11.6 Å².